The van der Waals surface area contributed by atoms with Crippen LogP contribution in [0.15, 0.2) is 18.2 Å². The van der Waals surface area contributed by atoms with Crippen LogP contribution in [0.3, 0.4) is 0 Å². The lowest BCUT2D eigenvalue weighted by atomic mass is 9.99. The summed E-state index contributed by atoms with van der Waals surface area (Å²) in [5.41, 5.74) is 0.535. The number of phenols is 1. The quantitative estimate of drug-likeness (QED) is 0.602. The maximum atomic E-state index is 12.3. The second kappa shape index (κ2) is 5.65. The third-order valence-electron chi connectivity index (χ3n) is 3.28. The smallest absolute Gasteiger partial charge is 0.253 e. The van der Waals surface area contributed by atoms with Crippen molar-refractivity contribution in [3.05, 3.63) is 27.3 Å². The van der Waals surface area contributed by atoms with Crippen molar-refractivity contribution in [2.45, 2.75) is 18.7 Å². The zero-order valence-corrected chi connectivity index (χ0v) is 13.0. The number of carbonyl (C=O) groups is 1. The first-order valence-corrected chi connectivity index (χ1v) is 7.42. The van der Waals surface area contributed by atoms with Gasteiger partial charge in [-0.25, -0.2) is 0 Å². The number of phenolic OH excluding ortho intramolecular Hbond substituents is 1. The summed E-state index contributed by atoms with van der Waals surface area (Å²) in [7, 11) is 0. The van der Waals surface area contributed by atoms with Crippen LogP contribution in [0.25, 0.3) is 0 Å². The SMILES string of the molecule is CC1CN(C(=O)c2ccc(I)c(O)c2)CCC1Cl. The molecule has 1 N–H and O–H groups in total. The summed E-state index contributed by atoms with van der Waals surface area (Å²) in [6.07, 6.45) is 0.824. The average Bonchev–Trinajstić information content (AvgIpc) is 2.35. The van der Waals surface area contributed by atoms with Crippen LogP contribution in [0.4, 0.5) is 0 Å². The Bertz CT molecular complexity index is 466. The minimum Gasteiger partial charge on any atom is -0.507 e. The van der Waals surface area contributed by atoms with Crippen molar-refractivity contribution < 1.29 is 9.90 Å². The molecular formula is C13H15ClINO2. The fourth-order valence-electron chi connectivity index (χ4n) is 2.13. The first-order chi connectivity index (χ1) is 8.49. The maximum absolute atomic E-state index is 12.3. The summed E-state index contributed by atoms with van der Waals surface area (Å²) < 4.78 is 0.747. The van der Waals surface area contributed by atoms with E-state index in [0.717, 1.165) is 9.99 Å². The molecule has 2 atom stereocenters. The molecule has 1 heterocycles. The summed E-state index contributed by atoms with van der Waals surface area (Å²) in [6.45, 7) is 3.42. The molecule has 1 aliphatic rings. The van der Waals surface area contributed by atoms with E-state index in [0.29, 0.717) is 24.6 Å². The lowest BCUT2D eigenvalue weighted by molar-refractivity contribution is 0.0686. The van der Waals surface area contributed by atoms with E-state index in [9.17, 15) is 9.90 Å². The molecule has 5 heteroatoms. The van der Waals surface area contributed by atoms with Crippen LogP contribution in [0.5, 0.6) is 5.75 Å². The van der Waals surface area contributed by atoms with Crippen molar-refractivity contribution in [1.82, 2.24) is 4.90 Å². The Balaban J connectivity index is 2.14. The standard InChI is InChI=1S/C13H15ClINO2/c1-8-7-16(5-4-10(8)14)13(18)9-2-3-11(15)12(17)6-9/h2-3,6,8,10,17H,4-5,7H2,1H3. The molecule has 1 aromatic rings. The number of halogens is 2. The normalized spacial score (nSPS) is 24.1. The van der Waals surface area contributed by atoms with Gasteiger partial charge in [-0.05, 0) is 53.1 Å². The van der Waals surface area contributed by atoms with E-state index in [1.807, 2.05) is 27.5 Å². The van der Waals surface area contributed by atoms with Gasteiger partial charge in [0.25, 0.3) is 5.91 Å². The number of aromatic hydroxyl groups is 1. The Labute approximate surface area is 125 Å². The van der Waals surface area contributed by atoms with Gasteiger partial charge in [-0.15, -0.1) is 11.6 Å². The van der Waals surface area contributed by atoms with E-state index in [4.69, 9.17) is 11.6 Å². The Morgan fingerprint density at radius 3 is 2.89 bits per heavy atom. The van der Waals surface area contributed by atoms with E-state index in [1.54, 1.807) is 12.1 Å². The van der Waals surface area contributed by atoms with Gasteiger partial charge < -0.3 is 10.0 Å². The van der Waals surface area contributed by atoms with E-state index in [-0.39, 0.29) is 17.0 Å². The van der Waals surface area contributed by atoms with Crippen LogP contribution < -0.4 is 0 Å². The molecule has 3 nitrogen and oxygen atoms in total. The van der Waals surface area contributed by atoms with E-state index in [2.05, 4.69) is 6.92 Å². The van der Waals surface area contributed by atoms with Crippen LogP contribution >= 0.6 is 34.2 Å². The Morgan fingerprint density at radius 2 is 2.28 bits per heavy atom. The van der Waals surface area contributed by atoms with Crippen molar-refractivity contribution in [3.63, 3.8) is 0 Å². The van der Waals surface area contributed by atoms with Gasteiger partial charge in [0, 0.05) is 24.0 Å². The molecule has 0 aliphatic carbocycles. The summed E-state index contributed by atoms with van der Waals surface area (Å²) >= 11 is 8.18. The van der Waals surface area contributed by atoms with Crippen molar-refractivity contribution in [2.75, 3.05) is 13.1 Å². The van der Waals surface area contributed by atoms with Gasteiger partial charge in [-0.1, -0.05) is 6.92 Å². The summed E-state index contributed by atoms with van der Waals surface area (Å²) in [4.78, 5) is 14.1. The molecule has 0 spiro atoms. The summed E-state index contributed by atoms with van der Waals surface area (Å²) in [5.74, 6) is 0.431. The number of amides is 1. The summed E-state index contributed by atoms with van der Waals surface area (Å²) in [5, 5.41) is 9.79. The zero-order valence-electron chi connectivity index (χ0n) is 10.1. The number of alkyl halides is 1. The molecule has 0 bridgehead atoms. The molecule has 1 aromatic carbocycles. The summed E-state index contributed by atoms with van der Waals surface area (Å²) in [6, 6.07) is 5.03. The minimum absolute atomic E-state index is 0.0304. The van der Waals surface area contributed by atoms with Gasteiger partial charge in [-0.2, -0.15) is 0 Å². The molecule has 2 unspecified atom stereocenters. The Kier molecular flexibility index (Phi) is 4.37. The highest BCUT2D eigenvalue weighted by atomic mass is 127. The highest BCUT2D eigenvalue weighted by Gasteiger charge is 2.27. The number of likely N-dealkylation sites (tertiary alicyclic amines) is 1. The van der Waals surface area contributed by atoms with Crippen LogP contribution in [-0.2, 0) is 0 Å². The molecule has 1 fully saturated rings. The molecular weight excluding hydrogens is 365 g/mol. The van der Waals surface area contributed by atoms with Crippen LogP contribution in [0, 0.1) is 9.49 Å². The van der Waals surface area contributed by atoms with Gasteiger partial charge in [0.15, 0.2) is 0 Å². The molecule has 0 saturated carbocycles. The number of nitrogens with zero attached hydrogens (tertiary/aromatic N) is 1. The number of piperidine rings is 1. The minimum atomic E-state index is -0.0304. The Morgan fingerprint density at radius 1 is 1.56 bits per heavy atom. The Hall–Kier alpha value is -0.490. The lowest BCUT2D eigenvalue weighted by Crippen LogP contribution is -2.43. The number of rotatable bonds is 1. The molecule has 18 heavy (non-hydrogen) atoms. The highest BCUT2D eigenvalue weighted by molar-refractivity contribution is 14.1. The molecule has 1 aliphatic heterocycles. The second-order valence-electron chi connectivity index (χ2n) is 4.70. The third kappa shape index (κ3) is 2.91. The van der Waals surface area contributed by atoms with Gasteiger partial charge in [0.2, 0.25) is 0 Å². The van der Waals surface area contributed by atoms with Gasteiger partial charge in [0.05, 0.1) is 3.57 Å². The van der Waals surface area contributed by atoms with E-state index >= 15 is 0 Å². The zero-order chi connectivity index (χ0) is 13.3. The van der Waals surface area contributed by atoms with Crippen molar-refractivity contribution in [1.29, 1.82) is 0 Å². The average molecular weight is 380 g/mol. The predicted octanol–water partition coefficient (Wildman–Crippen LogP) is 3.09. The van der Waals surface area contributed by atoms with Crippen molar-refractivity contribution in [2.24, 2.45) is 5.92 Å². The number of benzene rings is 1. The molecule has 1 saturated heterocycles. The molecule has 0 radical (unpaired) electrons. The van der Waals surface area contributed by atoms with E-state index in [1.165, 1.54) is 6.07 Å². The van der Waals surface area contributed by atoms with Gasteiger partial charge in [-0.3, -0.25) is 4.79 Å². The molecule has 0 aromatic heterocycles. The largest absolute Gasteiger partial charge is 0.507 e. The van der Waals surface area contributed by atoms with Crippen LogP contribution in [0.2, 0.25) is 0 Å². The predicted molar refractivity (Wildman–Crippen MR) is 80.1 cm³/mol. The number of carbonyl (C=O) groups excluding carboxylic acids is 1. The second-order valence-corrected chi connectivity index (χ2v) is 6.42. The monoisotopic (exact) mass is 379 g/mol. The van der Waals surface area contributed by atoms with Crippen molar-refractivity contribution >= 4 is 40.1 Å². The van der Waals surface area contributed by atoms with Gasteiger partial charge >= 0.3 is 0 Å². The fourth-order valence-corrected chi connectivity index (χ4v) is 2.64. The topological polar surface area (TPSA) is 40.5 Å². The van der Waals surface area contributed by atoms with Crippen molar-refractivity contribution in [3.8, 4) is 5.75 Å². The lowest BCUT2D eigenvalue weighted by Gasteiger charge is -2.34. The van der Waals surface area contributed by atoms with Crippen LogP contribution in [0.1, 0.15) is 23.7 Å². The number of hydrogen-bond donors (Lipinski definition) is 1. The fraction of sp³-hybridized carbons (Fsp3) is 0.462. The van der Waals surface area contributed by atoms with Gasteiger partial charge in [0.1, 0.15) is 5.75 Å². The third-order valence-corrected chi connectivity index (χ3v) is 4.84. The first-order valence-electron chi connectivity index (χ1n) is 5.91. The molecule has 1 amide bonds. The first kappa shape index (κ1) is 13.9. The molecule has 2 rings (SSSR count). The van der Waals surface area contributed by atoms with E-state index < -0.39 is 0 Å². The highest BCUT2D eigenvalue weighted by Crippen LogP contribution is 2.25. The molecule has 98 valence electrons. The van der Waals surface area contributed by atoms with Crippen LogP contribution in [-0.4, -0.2) is 34.4 Å². The number of hydrogen-bond acceptors (Lipinski definition) is 2. The maximum Gasteiger partial charge on any atom is 0.253 e.